The van der Waals surface area contributed by atoms with Gasteiger partial charge in [-0.1, -0.05) is 17.7 Å². The van der Waals surface area contributed by atoms with Gasteiger partial charge in [-0.05, 0) is 40.5 Å². The fraction of sp³-hybridized carbons (Fsp3) is 0.0909. The number of halogens is 3. The molecule has 0 radical (unpaired) electrons. The number of aromatic amines is 1. The zero-order valence-corrected chi connectivity index (χ0v) is 11.5. The first kappa shape index (κ1) is 13.0. The van der Waals surface area contributed by atoms with Crippen LogP contribution in [0, 0.1) is 12.7 Å². The third-order valence-corrected chi connectivity index (χ3v) is 3.24. The second-order valence-corrected chi connectivity index (χ2v) is 4.89. The van der Waals surface area contributed by atoms with Crippen molar-refractivity contribution in [2.75, 3.05) is 0 Å². The Morgan fingerprint density at radius 2 is 2.06 bits per heavy atom. The minimum Gasteiger partial charge on any atom is -0.295 e. The molecule has 0 fully saturated rings. The van der Waals surface area contributed by atoms with Gasteiger partial charge in [0.15, 0.2) is 5.15 Å². The Morgan fingerprint density at radius 3 is 2.67 bits per heavy atom. The molecular formula is C11H7BrClFN2O2. The van der Waals surface area contributed by atoms with Crippen molar-refractivity contribution in [1.82, 2.24) is 9.55 Å². The van der Waals surface area contributed by atoms with Gasteiger partial charge in [-0.15, -0.1) is 0 Å². The van der Waals surface area contributed by atoms with Crippen molar-refractivity contribution in [1.29, 1.82) is 0 Å². The molecule has 1 aromatic heterocycles. The van der Waals surface area contributed by atoms with Gasteiger partial charge in [-0.2, -0.15) is 4.39 Å². The quantitative estimate of drug-likeness (QED) is 0.815. The number of aryl methyl sites for hydroxylation is 1. The molecular weight excluding hydrogens is 326 g/mol. The standard InChI is InChI=1S/C11H7BrClFN2O2/c1-5-2-3-7(6(12)4-5)16-10(17)8(14)9(13)15-11(16)18/h2-4H,1H3,(H,15,18). The molecule has 0 amide bonds. The van der Waals surface area contributed by atoms with Crippen molar-refractivity contribution in [2.45, 2.75) is 6.92 Å². The molecule has 0 spiro atoms. The van der Waals surface area contributed by atoms with Gasteiger partial charge >= 0.3 is 5.69 Å². The summed E-state index contributed by atoms with van der Waals surface area (Å²) in [4.78, 5) is 25.5. The highest BCUT2D eigenvalue weighted by molar-refractivity contribution is 9.10. The maximum absolute atomic E-state index is 13.4. The summed E-state index contributed by atoms with van der Waals surface area (Å²) < 4.78 is 14.6. The molecule has 0 saturated carbocycles. The van der Waals surface area contributed by atoms with Crippen LogP contribution in [0.3, 0.4) is 0 Å². The van der Waals surface area contributed by atoms with Crippen LogP contribution in [-0.4, -0.2) is 9.55 Å². The van der Waals surface area contributed by atoms with Gasteiger partial charge < -0.3 is 0 Å². The molecule has 1 N–H and O–H groups in total. The minimum absolute atomic E-state index is 0.252. The molecule has 0 bridgehead atoms. The lowest BCUT2D eigenvalue weighted by Gasteiger charge is -2.08. The first-order valence-electron chi connectivity index (χ1n) is 4.88. The monoisotopic (exact) mass is 332 g/mol. The zero-order chi connectivity index (χ0) is 13.4. The molecule has 1 heterocycles. The lowest BCUT2D eigenvalue weighted by atomic mass is 10.2. The summed E-state index contributed by atoms with van der Waals surface area (Å²) >= 11 is 8.62. The lowest BCUT2D eigenvalue weighted by Crippen LogP contribution is -2.36. The van der Waals surface area contributed by atoms with Crippen molar-refractivity contribution in [3.63, 3.8) is 0 Å². The van der Waals surface area contributed by atoms with Crippen molar-refractivity contribution in [2.24, 2.45) is 0 Å². The van der Waals surface area contributed by atoms with Crippen molar-refractivity contribution < 1.29 is 4.39 Å². The second-order valence-electron chi connectivity index (χ2n) is 3.65. The Balaban J connectivity index is 2.84. The maximum atomic E-state index is 13.4. The Hall–Kier alpha value is -1.40. The summed E-state index contributed by atoms with van der Waals surface area (Å²) in [6, 6.07) is 4.97. The summed E-state index contributed by atoms with van der Waals surface area (Å²) in [6.45, 7) is 1.85. The molecule has 2 aromatic rings. The average molecular weight is 334 g/mol. The second kappa shape index (κ2) is 4.70. The van der Waals surface area contributed by atoms with E-state index in [1.165, 1.54) is 0 Å². The normalized spacial score (nSPS) is 10.7. The van der Waals surface area contributed by atoms with Gasteiger partial charge in [0.2, 0.25) is 5.82 Å². The van der Waals surface area contributed by atoms with E-state index < -0.39 is 22.2 Å². The first-order chi connectivity index (χ1) is 8.41. The lowest BCUT2D eigenvalue weighted by molar-refractivity contribution is 0.584. The molecule has 18 heavy (non-hydrogen) atoms. The van der Waals surface area contributed by atoms with E-state index in [1.807, 2.05) is 6.92 Å². The van der Waals surface area contributed by atoms with E-state index in [0.717, 1.165) is 5.56 Å². The molecule has 0 aliphatic carbocycles. The summed E-state index contributed by atoms with van der Waals surface area (Å²) in [5, 5.41) is -0.593. The van der Waals surface area contributed by atoms with Crippen LogP contribution in [-0.2, 0) is 0 Å². The summed E-state index contributed by atoms with van der Waals surface area (Å²) in [7, 11) is 0. The van der Waals surface area contributed by atoms with Crippen LogP contribution in [0.15, 0.2) is 32.3 Å². The van der Waals surface area contributed by atoms with E-state index in [0.29, 0.717) is 9.04 Å². The number of aromatic nitrogens is 2. The number of H-pyrrole nitrogens is 1. The van der Waals surface area contributed by atoms with E-state index >= 15 is 0 Å². The molecule has 1 aromatic carbocycles. The number of hydrogen-bond acceptors (Lipinski definition) is 2. The number of nitrogens with zero attached hydrogens (tertiary/aromatic N) is 1. The molecule has 0 saturated heterocycles. The fourth-order valence-corrected chi connectivity index (χ4v) is 2.33. The van der Waals surface area contributed by atoms with Crippen LogP contribution >= 0.6 is 27.5 Å². The zero-order valence-electron chi connectivity index (χ0n) is 9.13. The van der Waals surface area contributed by atoms with Crippen LogP contribution in [0.25, 0.3) is 5.69 Å². The average Bonchev–Trinajstić information content (AvgIpc) is 2.29. The first-order valence-corrected chi connectivity index (χ1v) is 6.06. The number of rotatable bonds is 1. The van der Waals surface area contributed by atoms with Crippen molar-refractivity contribution in [3.05, 3.63) is 60.0 Å². The molecule has 7 heteroatoms. The summed E-state index contributed by atoms with van der Waals surface area (Å²) in [5.41, 5.74) is -0.698. The molecule has 0 aliphatic heterocycles. The van der Waals surface area contributed by atoms with Gasteiger partial charge in [-0.25, -0.2) is 9.36 Å². The van der Waals surface area contributed by atoms with Gasteiger partial charge in [0.05, 0.1) is 5.69 Å². The van der Waals surface area contributed by atoms with E-state index in [2.05, 4.69) is 20.9 Å². The number of hydrogen-bond donors (Lipinski definition) is 1. The van der Waals surface area contributed by atoms with E-state index in [1.54, 1.807) is 18.2 Å². The summed E-state index contributed by atoms with van der Waals surface area (Å²) in [5.74, 6) is -1.19. The minimum atomic E-state index is -1.19. The smallest absolute Gasteiger partial charge is 0.295 e. The van der Waals surface area contributed by atoms with Crippen LogP contribution in [0.5, 0.6) is 0 Å². The highest BCUT2D eigenvalue weighted by Gasteiger charge is 2.15. The van der Waals surface area contributed by atoms with Crippen LogP contribution in [0.4, 0.5) is 4.39 Å². The Kier molecular flexibility index (Phi) is 3.41. The number of benzene rings is 1. The van der Waals surface area contributed by atoms with Crippen LogP contribution in [0.1, 0.15) is 5.56 Å². The Bertz CT molecular complexity index is 739. The van der Waals surface area contributed by atoms with Gasteiger partial charge in [0, 0.05) is 4.47 Å². The molecule has 0 atom stereocenters. The van der Waals surface area contributed by atoms with Gasteiger partial charge in [0.25, 0.3) is 5.56 Å². The van der Waals surface area contributed by atoms with Crippen molar-refractivity contribution in [3.8, 4) is 5.69 Å². The van der Waals surface area contributed by atoms with Crippen LogP contribution in [0.2, 0.25) is 5.15 Å². The largest absolute Gasteiger partial charge is 0.334 e. The SMILES string of the molecule is Cc1ccc(-n2c(=O)[nH]c(Cl)c(F)c2=O)c(Br)c1. The fourth-order valence-electron chi connectivity index (χ4n) is 1.50. The number of nitrogens with one attached hydrogen (secondary N) is 1. The highest BCUT2D eigenvalue weighted by atomic mass is 79.9. The maximum Gasteiger partial charge on any atom is 0.334 e. The molecule has 94 valence electrons. The molecule has 2 rings (SSSR count). The third kappa shape index (κ3) is 2.13. The Labute approximate surface area is 114 Å². The van der Waals surface area contributed by atoms with E-state index in [-0.39, 0.29) is 5.69 Å². The van der Waals surface area contributed by atoms with Crippen LogP contribution < -0.4 is 11.2 Å². The summed E-state index contributed by atoms with van der Waals surface area (Å²) in [6.07, 6.45) is 0. The molecule has 4 nitrogen and oxygen atoms in total. The van der Waals surface area contributed by atoms with E-state index in [4.69, 9.17) is 11.6 Å². The van der Waals surface area contributed by atoms with Gasteiger partial charge in [0.1, 0.15) is 0 Å². The molecule has 0 unspecified atom stereocenters. The molecule has 0 aliphatic rings. The third-order valence-electron chi connectivity index (χ3n) is 2.35. The Morgan fingerprint density at radius 1 is 1.39 bits per heavy atom. The highest BCUT2D eigenvalue weighted by Crippen LogP contribution is 2.20. The van der Waals surface area contributed by atoms with E-state index in [9.17, 15) is 14.0 Å². The predicted molar refractivity (Wildman–Crippen MR) is 70.1 cm³/mol. The topological polar surface area (TPSA) is 54.9 Å². The van der Waals surface area contributed by atoms with Crippen molar-refractivity contribution >= 4 is 27.5 Å². The van der Waals surface area contributed by atoms with Gasteiger partial charge in [-0.3, -0.25) is 9.78 Å². The predicted octanol–water partition coefficient (Wildman–Crippen LogP) is 2.39.